The highest BCUT2D eigenvalue weighted by atomic mass is 16.6. The second-order valence-electron chi connectivity index (χ2n) is 14.8. The van der Waals surface area contributed by atoms with Crippen molar-refractivity contribution in [1.29, 1.82) is 0 Å². The Labute approximate surface area is 336 Å². The van der Waals surface area contributed by atoms with Crippen molar-refractivity contribution in [2.45, 2.75) is 49.5 Å². The summed E-state index contributed by atoms with van der Waals surface area (Å²) in [6.45, 7) is 6.84. The number of methoxy groups -OCH3 is 1. The van der Waals surface area contributed by atoms with Crippen LogP contribution in [-0.2, 0) is 34.1 Å². The Hall–Kier alpha value is -6.31. The number of aliphatic hydroxyl groups is 1. The molecule has 2 fully saturated rings. The van der Waals surface area contributed by atoms with Crippen LogP contribution in [0.1, 0.15) is 54.3 Å². The Morgan fingerprint density at radius 3 is 2.19 bits per heavy atom. The first kappa shape index (κ1) is 39.9. The molecule has 0 aliphatic carbocycles. The Morgan fingerprint density at radius 2 is 1.53 bits per heavy atom. The van der Waals surface area contributed by atoms with E-state index in [9.17, 15) is 19.5 Å². The maximum absolute atomic E-state index is 16.1. The van der Waals surface area contributed by atoms with Crippen LogP contribution in [0.5, 0.6) is 5.75 Å². The maximum Gasteiger partial charge on any atom is 0.329 e. The Kier molecular flexibility index (Phi) is 11.5. The highest BCUT2D eigenvalue weighted by Crippen LogP contribution is 2.66. The molecule has 58 heavy (non-hydrogen) atoms. The molecule has 0 radical (unpaired) electrons. The summed E-state index contributed by atoms with van der Waals surface area (Å²) >= 11 is 0. The number of hydrogen-bond acceptors (Lipinski definition) is 10. The first-order chi connectivity index (χ1) is 28.1. The minimum atomic E-state index is -2.00. The van der Waals surface area contributed by atoms with E-state index in [-0.39, 0.29) is 25.4 Å². The number of amides is 4. The van der Waals surface area contributed by atoms with Gasteiger partial charge in [-0.2, -0.15) is 0 Å². The monoisotopic (exact) mass is 786 g/mol. The number of esters is 2. The van der Waals surface area contributed by atoms with Crippen LogP contribution >= 0.6 is 0 Å². The minimum Gasteiger partial charge on any atom is -0.491 e. The van der Waals surface area contributed by atoms with Crippen LogP contribution in [0.25, 0.3) is 0 Å². The molecule has 0 saturated carbocycles. The lowest BCUT2D eigenvalue weighted by molar-refractivity contribution is -0.178. The SMILES string of the molecule is C=CCNC(=O)C1C2C(=O)OC(c3ccccc3)C(c3ccccc3)N2C(c2ccccc2OCCO)C12C(=O)N(C(=O)NC(C(=O)OC)C(C)C)c1ccccc12. The van der Waals surface area contributed by atoms with Crippen molar-refractivity contribution in [2.24, 2.45) is 11.8 Å². The predicted molar refractivity (Wildman–Crippen MR) is 213 cm³/mol. The number of cyclic esters (lactones) is 1. The lowest BCUT2D eigenvalue weighted by Crippen LogP contribution is -2.57. The lowest BCUT2D eigenvalue weighted by Gasteiger charge is -2.46. The van der Waals surface area contributed by atoms with E-state index in [0.29, 0.717) is 22.4 Å². The van der Waals surface area contributed by atoms with Gasteiger partial charge in [0.05, 0.1) is 37.4 Å². The van der Waals surface area contributed by atoms with E-state index in [1.807, 2.05) is 65.6 Å². The molecular formula is C45H46N4O9. The molecular weight excluding hydrogens is 741 g/mol. The second kappa shape index (κ2) is 16.7. The van der Waals surface area contributed by atoms with E-state index in [4.69, 9.17) is 14.2 Å². The molecule has 3 aliphatic rings. The van der Waals surface area contributed by atoms with Gasteiger partial charge in [-0.1, -0.05) is 117 Å². The second-order valence-corrected chi connectivity index (χ2v) is 14.8. The third-order valence-electron chi connectivity index (χ3n) is 11.2. The van der Waals surface area contributed by atoms with Crippen molar-refractivity contribution >= 4 is 35.5 Å². The molecule has 0 aromatic heterocycles. The summed E-state index contributed by atoms with van der Waals surface area (Å²) in [5.41, 5.74) is 0.325. The summed E-state index contributed by atoms with van der Waals surface area (Å²) < 4.78 is 17.6. The van der Waals surface area contributed by atoms with E-state index in [1.54, 1.807) is 62.4 Å². The molecule has 300 valence electrons. The number of hydrogen-bond donors (Lipinski definition) is 3. The van der Waals surface area contributed by atoms with Crippen molar-refractivity contribution in [3.63, 3.8) is 0 Å². The number of urea groups is 1. The summed E-state index contributed by atoms with van der Waals surface area (Å²) in [5.74, 6) is -4.51. The van der Waals surface area contributed by atoms with Crippen molar-refractivity contribution in [3.05, 3.63) is 144 Å². The average Bonchev–Trinajstić information content (AvgIpc) is 3.70. The number of benzene rings is 4. The van der Waals surface area contributed by atoms with Crippen molar-refractivity contribution < 1.29 is 43.3 Å². The Bertz CT molecular complexity index is 2200. The minimum absolute atomic E-state index is 0.0119. The lowest BCUT2D eigenvalue weighted by atomic mass is 9.65. The molecule has 7 atom stereocenters. The Morgan fingerprint density at radius 1 is 0.897 bits per heavy atom. The molecule has 7 rings (SSSR count). The van der Waals surface area contributed by atoms with E-state index in [1.165, 1.54) is 13.2 Å². The summed E-state index contributed by atoms with van der Waals surface area (Å²) in [6.07, 6.45) is 0.582. The number of ether oxygens (including phenoxy) is 3. The summed E-state index contributed by atoms with van der Waals surface area (Å²) in [5, 5.41) is 15.5. The van der Waals surface area contributed by atoms with Gasteiger partial charge < -0.3 is 30.0 Å². The number of carbonyl (C=O) groups excluding carboxylic acids is 5. The van der Waals surface area contributed by atoms with Crippen molar-refractivity contribution in [2.75, 3.05) is 31.8 Å². The van der Waals surface area contributed by atoms with Gasteiger partial charge in [0.15, 0.2) is 0 Å². The Balaban J connectivity index is 1.56. The summed E-state index contributed by atoms with van der Waals surface area (Å²) in [7, 11) is 1.21. The van der Waals surface area contributed by atoms with Crippen LogP contribution in [0, 0.1) is 11.8 Å². The van der Waals surface area contributed by atoms with E-state index < -0.39 is 77.3 Å². The van der Waals surface area contributed by atoms with Crippen LogP contribution in [-0.4, -0.2) is 78.7 Å². The van der Waals surface area contributed by atoms with Crippen LogP contribution in [0.4, 0.5) is 10.5 Å². The molecule has 1 spiro atoms. The first-order valence-corrected chi connectivity index (χ1v) is 19.2. The van der Waals surface area contributed by atoms with Gasteiger partial charge in [0.25, 0.3) is 0 Å². The molecule has 13 nitrogen and oxygen atoms in total. The third-order valence-corrected chi connectivity index (χ3v) is 11.2. The van der Waals surface area contributed by atoms with Crippen LogP contribution in [0.3, 0.4) is 0 Å². The number of nitrogens with one attached hydrogen (secondary N) is 2. The molecule has 2 saturated heterocycles. The zero-order chi connectivity index (χ0) is 41.1. The average molecular weight is 787 g/mol. The number of fused-ring (bicyclic) bond motifs is 3. The van der Waals surface area contributed by atoms with Gasteiger partial charge in [0, 0.05) is 12.1 Å². The maximum atomic E-state index is 16.1. The quantitative estimate of drug-likeness (QED) is 0.133. The van der Waals surface area contributed by atoms with Gasteiger partial charge in [-0.15, -0.1) is 6.58 Å². The summed E-state index contributed by atoms with van der Waals surface area (Å²) in [4.78, 5) is 76.4. The van der Waals surface area contributed by atoms with Gasteiger partial charge in [-0.25, -0.2) is 14.5 Å². The zero-order valence-corrected chi connectivity index (χ0v) is 32.4. The van der Waals surface area contributed by atoms with Crippen molar-refractivity contribution in [3.8, 4) is 5.75 Å². The molecule has 3 N–H and O–H groups in total. The number of nitrogens with zero attached hydrogens (tertiary/aromatic N) is 2. The van der Waals surface area contributed by atoms with E-state index in [0.717, 1.165) is 10.5 Å². The number of imide groups is 1. The highest BCUT2D eigenvalue weighted by molar-refractivity contribution is 6.25. The van der Waals surface area contributed by atoms with Gasteiger partial charge in [0.2, 0.25) is 11.8 Å². The standard InChI is InChI=1S/C45H46N4O9/c1-5-24-46-40(51)34-37-42(53)58-38(29-18-10-7-11-19-29)36(28-16-8-6-9-17-28)49(37)39(30-20-12-15-23-33(30)57-26-25-50)45(34)31-21-13-14-22-32(31)48(43(45)54)44(55)47-35(27(2)3)41(52)56-4/h5-23,27,34-39,50H,1,24-26H2,2-4H3,(H,46,51)(H,47,55). The van der Waals surface area contributed by atoms with Gasteiger partial charge in [-0.3, -0.25) is 19.3 Å². The number of anilines is 1. The smallest absolute Gasteiger partial charge is 0.329 e. The topological polar surface area (TPSA) is 164 Å². The number of para-hydroxylation sites is 2. The molecule has 4 amide bonds. The normalized spacial score (nSPS) is 24.1. The molecule has 0 bridgehead atoms. The molecule has 3 heterocycles. The number of morpholine rings is 1. The van der Waals surface area contributed by atoms with Crippen molar-refractivity contribution in [1.82, 2.24) is 15.5 Å². The van der Waals surface area contributed by atoms with E-state index >= 15 is 9.59 Å². The van der Waals surface area contributed by atoms with Crippen LogP contribution < -0.4 is 20.3 Å². The van der Waals surface area contributed by atoms with Crippen LogP contribution in [0.2, 0.25) is 0 Å². The summed E-state index contributed by atoms with van der Waals surface area (Å²) in [6, 6.07) is 26.9. The fourth-order valence-electron chi connectivity index (χ4n) is 8.93. The first-order valence-electron chi connectivity index (χ1n) is 19.2. The molecule has 4 aromatic rings. The van der Waals surface area contributed by atoms with Gasteiger partial charge in [-0.05, 0) is 34.7 Å². The fraction of sp³-hybridized carbons (Fsp3) is 0.311. The molecule has 7 unspecified atom stereocenters. The largest absolute Gasteiger partial charge is 0.491 e. The number of carbonyl (C=O) groups is 5. The molecule has 13 heteroatoms. The fourth-order valence-corrected chi connectivity index (χ4v) is 8.93. The van der Waals surface area contributed by atoms with E-state index in [2.05, 4.69) is 17.2 Å². The number of aliphatic hydroxyl groups excluding tert-OH is 1. The van der Waals surface area contributed by atoms with Gasteiger partial charge >= 0.3 is 18.0 Å². The zero-order valence-electron chi connectivity index (χ0n) is 32.4. The third kappa shape index (κ3) is 6.59. The predicted octanol–water partition coefficient (Wildman–Crippen LogP) is 4.93. The number of rotatable bonds is 12. The highest BCUT2D eigenvalue weighted by Gasteiger charge is 2.76. The molecule has 4 aromatic carbocycles. The van der Waals surface area contributed by atoms with Crippen LogP contribution in [0.15, 0.2) is 122 Å². The molecule has 3 aliphatic heterocycles. The van der Waals surface area contributed by atoms with Gasteiger partial charge in [0.1, 0.15) is 36.0 Å².